The fraction of sp³-hybridized carbons (Fsp3) is 0.471. The molecule has 3 amide bonds. The monoisotopic (exact) mass is 411 g/mol. The summed E-state index contributed by atoms with van der Waals surface area (Å²) in [7, 11) is 0. The van der Waals surface area contributed by atoms with Crippen LogP contribution in [0.2, 0.25) is 0 Å². The van der Waals surface area contributed by atoms with Gasteiger partial charge in [0.05, 0.1) is 12.5 Å². The molecule has 25 heavy (non-hydrogen) atoms. The van der Waals surface area contributed by atoms with Crippen molar-refractivity contribution in [3.63, 3.8) is 0 Å². The highest BCUT2D eigenvalue weighted by Crippen LogP contribution is 2.28. The summed E-state index contributed by atoms with van der Waals surface area (Å²) in [5.41, 5.74) is 1.83. The maximum absolute atomic E-state index is 12.2. The highest BCUT2D eigenvalue weighted by atomic mass is 79.9. The molecule has 0 spiro atoms. The van der Waals surface area contributed by atoms with Gasteiger partial charge in [-0.05, 0) is 37.6 Å². The summed E-state index contributed by atoms with van der Waals surface area (Å²) in [5.74, 6) is -0.638. The highest BCUT2D eigenvalue weighted by molar-refractivity contribution is 9.10. The van der Waals surface area contributed by atoms with Crippen molar-refractivity contribution < 1.29 is 19.1 Å². The summed E-state index contributed by atoms with van der Waals surface area (Å²) in [4.78, 5) is 37.2. The lowest BCUT2D eigenvalue weighted by atomic mass is 10.1. The number of ether oxygens (including phenoxy) is 1. The second kappa shape index (κ2) is 8.84. The third kappa shape index (κ3) is 5.19. The number of benzene rings is 1. The summed E-state index contributed by atoms with van der Waals surface area (Å²) in [6.07, 6.45) is -0.323. The van der Waals surface area contributed by atoms with Gasteiger partial charge < -0.3 is 20.3 Å². The van der Waals surface area contributed by atoms with Crippen LogP contribution in [0.4, 0.5) is 10.5 Å². The number of carbonyl (C=O) groups excluding carboxylic acids is 3. The Balaban J connectivity index is 1.83. The molecule has 0 bridgehead atoms. The highest BCUT2D eigenvalue weighted by Gasteiger charge is 2.35. The standard InChI is InChI=1S/C17H22BrN3O4/c1-3-25-17(24)20-7-6-19-16(23)12-9-15(22)21(10-12)13-4-5-14(18)11(2)8-13/h4-5,8,12H,3,6-7,9-10H2,1-2H3,(H,19,23)(H,20,24). The van der Waals surface area contributed by atoms with E-state index in [2.05, 4.69) is 26.6 Å². The van der Waals surface area contributed by atoms with Gasteiger partial charge in [-0.15, -0.1) is 0 Å². The van der Waals surface area contributed by atoms with E-state index in [4.69, 9.17) is 4.74 Å². The predicted molar refractivity (Wildman–Crippen MR) is 97.4 cm³/mol. The molecule has 2 rings (SSSR count). The molecular weight excluding hydrogens is 390 g/mol. The Hall–Kier alpha value is -2.09. The lowest BCUT2D eigenvalue weighted by Gasteiger charge is -2.17. The van der Waals surface area contributed by atoms with Crippen LogP contribution in [0.5, 0.6) is 0 Å². The van der Waals surface area contributed by atoms with Gasteiger partial charge in [-0.3, -0.25) is 9.59 Å². The van der Waals surface area contributed by atoms with Gasteiger partial charge in [-0.25, -0.2) is 4.79 Å². The van der Waals surface area contributed by atoms with E-state index < -0.39 is 6.09 Å². The first-order valence-corrected chi connectivity index (χ1v) is 8.96. The molecule has 7 nitrogen and oxygen atoms in total. The predicted octanol–water partition coefficient (Wildman–Crippen LogP) is 1.97. The van der Waals surface area contributed by atoms with Gasteiger partial charge in [0, 0.05) is 36.2 Å². The molecule has 0 aliphatic carbocycles. The van der Waals surface area contributed by atoms with E-state index in [1.165, 1.54) is 0 Å². The molecule has 1 heterocycles. The van der Waals surface area contributed by atoms with Crippen LogP contribution >= 0.6 is 15.9 Å². The molecule has 2 N–H and O–H groups in total. The van der Waals surface area contributed by atoms with Gasteiger partial charge >= 0.3 is 6.09 Å². The van der Waals surface area contributed by atoms with Gasteiger partial charge in [0.2, 0.25) is 11.8 Å². The topological polar surface area (TPSA) is 87.7 Å². The van der Waals surface area contributed by atoms with Crippen LogP contribution < -0.4 is 15.5 Å². The molecule has 1 aromatic rings. The summed E-state index contributed by atoms with van der Waals surface area (Å²) < 4.78 is 5.70. The number of anilines is 1. The molecule has 0 radical (unpaired) electrons. The summed E-state index contributed by atoms with van der Waals surface area (Å²) >= 11 is 3.44. The number of alkyl carbamates (subject to hydrolysis) is 1. The van der Waals surface area contributed by atoms with Gasteiger partial charge in [-0.2, -0.15) is 0 Å². The number of carbonyl (C=O) groups is 3. The Bertz CT molecular complexity index is 665. The van der Waals surface area contributed by atoms with E-state index in [0.717, 1.165) is 15.7 Å². The van der Waals surface area contributed by atoms with E-state index in [-0.39, 0.29) is 30.7 Å². The van der Waals surface area contributed by atoms with Crippen molar-refractivity contribution in [2.45, 2.75) is 20.3 Å². The lowest BCUT2D eigenvalue weighted by Crippen LogP contribution is -2.38. The molecule has 1 aromatic carbocycles. The average molecular weight is 412 g/mol. The molecule has 8 heteroatoms. The van der Waals surface area contributed by atoms with Gasteiger partial charge in [-0.1, -0.05) is 15.9 Å². The van der Waals surface area contributed by atoms with Crippen LogP contribution in [0.1, 0.15) is 18.9 Å². The third-order valence-corrected chi connectivity index (χ3v) is 4.81. The maximum Gasteiger partial charge on any atom is 0.407 e. The minimum atomic E-state index is -0.510. The molecule has 1 aliphatic rings. The number of amides is 3. The van der Waals surface area contributed by atoms with E-state index in [1.807, 2.05) is 25.1 Å². The number of hydrogen-bond donors (Lipinski definition) is 2. The number of halogens is 1. The van der Waals surface area contributed by atoms with Crippen LogP contribution in [0.25, 0.3) is 0 Å². The molecule has 0 saturated carbocycles. The molecule has 1 saturated heterocycles. The zero-order valence-corrected chi connectivity index (χ0v) is 15.9. The van der Waals surface area contributed by atoms with E-state index in [9.17, 15) is 14.4 Å². The first-order chi connectivity index (χ1) is 11.9. The molecule has 136 valence electrons. The normalized spacial score (nSPS) is 16.7. The largest absolute Gasteiger partial charge is 0.450 e. The fourth-order valence-electron chi connectivity index (χ4n) is 2.61. The van der Waals surface area contributed by atoms with Crippen molar-refractivity contribution in [3.8, 4) is 0 Å². The van der Waals surface area contributed by atoms with E-state index in [0.29, 0.717) is 19.7 Å². The molecule has 1 atom stereocenters. The molecule has 0 aromatic heterocycles. The fourth-order valence-corrected chi connectivity index (χ4v) is 2.85. The van der Waals surface area contributed by atoms with Crippen molar-refractivity contribution in [2.75, 3.05) is 31.1 Å². The van der Waals surface area contributed by atoms with Gasteiger partial charge in [0.25, 0.3) is 0 Å². The first kappa shape index (κ1) is 19.2. The Morgan fingerprint density at radius 2 is 2.04 bits per heavy atom. The lowest BCUT2D eigenvalue weighted by molar-refractivity contribution is -0.126. The van der Waals surface area contributed by atoms with Crippen molar-refractivity contribution in [3.05, 3.63) is 28.2 Å². The van der Waals surface area contributed by atoms with Gasteiger partial charge in [0.15, 0.2) is 0 Å². The molecule has 1 fully saturated rings. The summed E-state index contributed by atoms with van der Waals surface area (Å²) in [6.45, 7) is 4.90. The van der Waals surface area contributed by atoms with Crippen molar-refractivity contribution in [1.82, 2.24) is 10.6 Å². The van der Waals surface area contributed by atoms with Crippen molar-refractivity contribution in [1.29, 1.82) is 0 Å². The number of nitrogens with one attached hydrogen (secondary N) is 2. The second-order valence-corrected chi connectivity index (χ2v) is 6.63. The Morgan fingerprint density at radius 1 is 1.32 bits per heavy atom. The quantitative estimate of drug-likeness (QED) is 0.700. The SMILES string of the molecule is CCOC(=O)NCCNC(=O)C1CC(=O)N(c2ccc(Br)c(C)c2)C1. The zero-order valence-electron chi connectivity index (χ0n) is 14.3. The average Bonchev–Trinajstić information content (AvgIpc) is 2.96. The number of rotatable bonds is 6. The van der Waals surface area contributed by atoms with Gasteiger partial charge in [0.1, 0.15) is 0 Å². The maximum atomic E-state index is 12.2. The molecular formula is C17H22BrN3O4. The minimum Gasteiger partial charge on any atom is -0.450 e. The summed E-state index contributed by atoms with van der Waals surface area (Å²) in [6, 6.07) is 5.68. The van der Waals surface area contributed by atoms with E-state index in [1.54, 1.807) is 11.8 Å². The minimum absolute atomic E-state index is 0.0634. The van der Waals surface area contributed by atoms with Crippen molar-refractivity contribution >= 4 is 39.5 Å². The van der Waals surface area contributed by atoms with Crippen LogP contribution in [0, 0.1) is 12.8 Å². The molecule has 1 aliphatic heterocycles. The Kier molecular flexibility index (Phi) is 6.81. The van der Waals surface area contributed by atoms with Crippen LogP contribution in [-0.2, 0) is 14.3 Å². The third-order valence-electron chi connectivity index (χ3n) is 3.92. The van der Waals surface area contributed by atoms with E-state index >= 15 is 0 Å². The zero-order chi connectivity index (χ0) is 18.4. The second-order valence-electron chi connectivity index (χ2n) is 5.78. The van der Waals surface area contributed by atoms with Crippen molar-refractivity contribution in [2.24, 2.45) is 5.92 Å². The Labute approximate surface area is 155 Å². The molecule has 1 unspecified atom stereocenters. The smallest absolute Gasteiger partial charge is 0.407 e. The first-order valence-electron chi connectivity index (χ1n) is 8.17. The van der Waals surface area contributed by atoms with Crippen LogP contribution in [0.15, 0.2) is 22.7 Å². The number of aryl methyl sites for hydroxylation is 1. The number of nitrogens with zero attached hydrogens (tertiary/aromatic N) is 1. The van der Waals surface area contributed by atoms with Crippen LogP contribution in [-0.4, -0.2) is 44.1 Å². The Morgan fingerprint density at radius 3 is 2.72 bits per heavy atom. The number of hydrogen-bond acceptors (Lipinski definition) is 4. The van der Waals surface area contributed by atoms with Crippen LogP contribution in [0.3, 0.4) is 0 Å². The summed E-state index contributed by atoms with van der Waals surface area (Å²) in [5, 5.41) is 5.27.